The number of carboxylic acids is 1. The fraction of sp³-hybridized carbons (Fsp3) is 0.200. The molecule has 1 unspecified atom stereocenters. The molecule has 1 saturated heterocycles. The molecule has 0 spiro atoms. The second-order valence-electron chi connectivity index (χ2n) is 6.19. The van der Waals surface area contributed by atoms with Crippen molar-refractivity contribution in [3.63, 3.8) is 0 Å². The zero-order valence-electron chi connectivity index (χ0n) is 15.5. The van der Waals surface area contributed by atoms with Crippen molar-refractivity contribution in [3.05, 3.63) is 57.7 Å². The first-order valence-corrected chi connectivity index (χ1v) is 10.8. The quantitative estimate of drug-likeness (QED) is 0.578. The van der Waals surface area contributed by atoms with Gasteiger partial charge in [-0.15, -0.1) is 0 Å². The van der Waals surface area contributed by atoms with Crippen LogP contribution in [0.3, 0.4) is 0 Å². The highest BCUT2D eigenvalue weighted by Gasteiger charge is 2.35. The predicted molar refractivity (Wildman–Crippen MR) is 122 cm³/mol. The number of nitrogens with one attached hydrogen (secondary N) is 1. The predicted octanol–water partition coefficient (Wildman–Crippen LogP) is 3.97. The average molecular weight is 523 g/mol. The van der Waals surface area contributed by atoms with Gasteiger partial charge in [0.05, 0.1) is 11.3 Å². The molecule has 2 N–H and O–H groups in total. The first-order chi connectivity index (χ1) is 13.9. The highest BCUT2D eigenvalue weighted by molar-refractivity contribution is 14.1. The summed E-state index contributed by atoms with van der Waals surface area (Å²) in [5, 5.41) is 11.6. The minimum atomic E-state index is -1.08. The zero-order valence-corrected chi connectivity index (χ0v) is 18.4. The van der Waals surface area contributed by atoms with E-state index in [1.165, 1.54) is 23.9 Å². The zero-order chi connectivity index (χ0) is 21.0. The van der Waals surface area contributed by atoms with Crippen molar-refractivity contribution in [1.29, 1.82) is 0 Å². The summed E-state index contributed by atoms with van der Waals surface area (Å²) in [6.07, 6.45) is 0.0503. The monoisotopic (exact) mass is 523 g/mol. The summed E-state index contributed by atoms with van der Waals surface area (Å²) in [6.45, 7) is 2.32. The molecule has 2 aromatic rings. The number of benzene rings is 2. The van der Waals surface area contributed by atoms with Crippen LogP contribution in [0.4, 0.5) is 11.4 Å². The molecular formula is C20H18IN3O4S. The molecule has 7 nitrogen and oxygen atoms in total. The Labute approximate surface area is 185 Å². The van der Waals surface area contributed by atoms with E-state index in [2.05, 4.69) is 32.9 Å². The first-order valence-electron chi connectivity index (χ1n) is 8.83. The Morgan fingerprint density at radius 1 is 1.28 bits per heavy atom. The summed E-state index contributed by atoms with van der Waals surface area (Å²) in [7, 11) is 0. The van der Waals surface area contributed by atoms with Crippen LogP contribution in [0, 0.1) is 3.57 Å². The van der Waals surface area contributed by atoms with Crippen LogP contribution in [0.1, 0.15) is 23.7 Å². The molecule has 3 rings (SSSR count). The summed E-state index contributed by atoms with van der Waals surface area (Å²) in [5.41, 5.74) is 1.15. The Bertz CT molecular complexity index is 978. The maximum Gasteiger partial charge on any atom is 0.335 e. The third kappa shape index (κ3) is 5.36. The molecule has 29 heavy (non-hydrogen) atoms. The van der Waals surface area contributed by atoms with Crippen molar-refractivity contribution in [2.45, 2.75) is 18.6 Å². The standard InChI is InChI=1S/C20H18IN3O4S/c1-2-24-17(25)11-16(29-20(24)23-14-8-6-13(21)7-9-14)18(26)22-15-5-3-4-12(10-15)19(27)28/h3-10,16H,2,11H2,1H3,(H,22,26)(H,27,28). The Kier molecular flexibility index (Phi) is 6.91. The van der Waals surface area contributed by atoms with Crippen LogP contribution in [0.5, 0.6) is 0 Å². The van der Waals surface area contributed by atoms with Gasteiger partial charge in [-0.05, 0) is 72.0 Å². The van der Waals surface area contributed by atoms with Crippen molar-refractivity contribution in [2.24, 2.45) is 4.99 Å². The molecular weight excluding hydrogens is 505 g/mol. The minimum absolute atomic E-state index is 0.0503. The number of hydrogen-bond acceptors (Lipinski definition) is 5. The van der Waals surface area contributed by atoms with Crippen molar-refractivity contribution < 1.29 is 19.5 Å². The molecule has 0 aromatic heterocycles. The van der Waals surface area contributed by atoms with E-state index in [1.807, 2.05) is 31.2 Å². The van der Waals surface area contributed by atoms with Crippen molar-refractivity contribution in [3.8, 4) is 0 Å². The normalized spacial score (nSPS) is 18.0. The molecule has 2 amide bonds. The molecule has 2 aromatic carbocycles. The van der Waals surface area contributed by atoms with Gasteiger partial charge in [0, 0.05) is 22.2 Å². The summed E-state index contributed by atoms with van der Waals surface area (Å²) in [4.78, 5) is 42.5. The van der Waals surface area contributed by atoms with Crippen LogP contribution < -0.4 is 5.32 Å². The van der Waals surface area contributed by atoms with Crippen LogP contribution in [-0.4, -0.2) is 44.8 Å². The Hall–Kier alpha value is -2.40. The van der Waals surface area contributed by atoms with Gasteiger partial charge < -0.3 is 10.4 Å². The highest BCUT2D eigenvalue weighted by atomic mass is 127. The van der Waals surface area contributed by atoms with Gasteiger partial charge in [0.1, 0.15) is 5.25 Å². The molecule has 1 heterocycles. The number of amides is 2. The SMILES string of the molecule is CCN1C(=O)CC(C(=O)Nc2cccc(C(=O)O)c2)SC1=Nc1ccc(I)cc1. The molecule has 1 atom stereocenters. The summed E-state index contributed by atoms with van der Waals surface area (Å²) >= 11 is 3.43. The number of nitrogens with zero attached hydrogens (tertiary/aromatic N) is 2. The Balaban J connectivity index is 1.80. The summed E-state index contributed by atoms with van der Waals surface area (Å²) in [6, 6.07) is 13.6. The fourth-order valence-corrected chi connectivity index (χ4v) is 4.25. The number of carbonyl (C=O) groups is 3. The van der Waals surface area contributed by atoms with E-state index in [-0.39, 0.29) is 23.8 Å². The van der Waals surface area contributed by atoms with Gasteiger partial charge >= 0.3 is 5.97 Å². The van der Waals surface area contributed by atoms with Gasteiger partial charge in [-0.1, -0.05) is 17.8 Å². The number of thioether (sulfide) groups is 1. The second kappa shape index (κ2) is 9.40. The van der Waals surface area contributed by atoms with Gasteiger partial charge in [0.15, 0.2) is 5.17 Å². The number of carbonyl (C=O) groups excluding carboxylic acids is 2. The van der Waals surface area contributed by atoms with Crippen LogP contribution in [0.2, 0.25) is 0 Å². The molecule has 150 valence electrons. The van der Waals surface area contributed by atoms with Gasteiger partial charge in [-0.3, -0.25) is 14.5 Å². The van der Waals surface area contributed by atoms with Crippen LogP contribution in [0.15, 0.2) is 53.5 Å². The molecule has 1 aliphatic rings. The van der Waals surface area contributed by atoms with Crippen LogP contribution >= 0.6 is 34.4 Å². The number of aromatic carboxylic acids is 1. The molecule has 0 radical (unpaired) electrons. The van der Waals surface area contributed by atoms with Crippen LogP contribution in [-0.2, 0) is 9.59 Å². The van der Waals surface area contributed by atoms with E-state index in [1.54, 1.807) is 17.0 Å². The second-order valence-corrected chi connectivity index (χ2v) is 8.61. The summed E-state index contributed by atoms with van der Waals surface area (Å²) < 4.78 is 1.08. The number of carboxylic acid groups (broad SMARTS) is 1. The van der Waals surface area contributed by atoms with Crippen molar-refractivity contribution in [1.82, 2.24) is 4.90 Å². The molecule has 0 aliphatic carbocycles. The molecule has 1 fully saturated rings. The van der Waals surface area contributed by atoms with E-state index < -0.39 is 11.2 Å². The molecule has 9 heteroatoms. The number of aliphatic imine (C=N–C) groups is 1. The van der Waals surface area contributed by atoms with E-state index >= 15 is 0 Å². The fourth-order valence-electron chi connectivity index (χ4n) is 2.73. The van der Waals surface area contributed by atoms with Gasteiger partial charge in [-0.25, -0.2) is 9.79 Å². The third-order valence-corrected chi connectivity index (χ3v) is 6.08. The first kappa shape index (κ1) is 21.3. The lowest BCUT2D eigenvalue weighted by Crippen LogP contribution is -2.45. The van der Waals surface area contributed by atoms with Crippen LogP contribution in [0.25, 0.3) is 0 Å². The van der Waals surface area contributed by atoms with Gasteiger partial charge in [-0.2, -0.15) is 0 Å². The number of anilines is 1. The van der Waals surface area contributed by atoms with E-state index in [9.17, 15) is 14.4 Å². The van der Waals surface area contributed by atoms with E-state index in [4.69, 9.17) is 5.11 Å². The molecule has 0 bridgehead atoms. The lowest BCUT2D eigenvalue weighted by molar-refractivity contribution is -0.129. The largest absolute Gasteiger partial charge is 0.478 e. The highest BCUT2D eigenvalue weighted by Crippen LogP contribution is 2.30. The van der Waals surface area contributed by atoms with Crippen molar-refractivity contribution >= 4 is 68.7 Å². The minimum Gasteiger partial charge on any atom is -0.478 e. The Morgan fingerprint density at radius 3 is 2.66 bits per heavy atom. The number of amidine groups is 1. The van der Waals surface area contributed by atoms with Gasteiger partial charge in [0.2, 0.25) is 11.8 Å². The lowest BCUT2D eigenvalue weighted by Gasteiger charge is -2.30. The lowest BCUT2D eigenvalue weighted by atomic mass is 10.2. The Morgan fingerprint density at radius 2 is 2.00 bits per heavy atom. The molecule has 0 saturated carbocycles. The maximum atomic E-state index is 12.7. The van der Waals surface area contributed by atoms with E-state index in [0.717, 1.165) is 3.57 Å². The van der Waals surface area contributed by atoms with Crippen molar-refractivity contribution in [2.75, 3.05) is 11.9 Å². The smallest absolute Gasteiger partial charge is 0.335 e. The molecule has 1 aliphatic heterocycles. The third-order valence-electron chi connectivity index (χ3n) is 4.18. The van der Waals surface area contributed by atoms with Gasteiger partial charge in [0.25, 0.3) is 0 Å². The topological polar surface area (TPSA) is 99.1 Å². The number of rotatable bonds is 5. The van der Waals surface area contributed by atoms with E-state index in [0.29, 0.717) is 23.1 Å². The summed E-state index contributed by atoms with van der Waals surface area (Å²) in [5.74, 6) is -1.61. The number of halogens is 1. The number of hydrogen-bond donors (Lipinski definition) is 2. The maximum absolute atomic E-state index is 12.7. The average Bonchev–Trinajstić information content (AvgIpc) is 2.69.